The van der Waals surface area contributed by atoms with E-state index in [1.807, 2.05) is 36.4 Å². The van der Waals surface area contributed by atoms with Crippen molar-refractivity contribution >= 4 is 5.69 Å². The molecule has 55 valence electrons. The third-order valence-corrected chi connectivity index (χ3v) is 1.38. The molecule has 1 rings (SSSR count). The Balaban J connectivity index is 2.70. The summed E-state index contributed by atoms with van der Waals surface area (Å²) in [4.78, 5) is 1.65. The fourth-order valence-corrected chi connectivity index (χ4v) is 0.815. The Morgan fingerprint density at radius 2 is 2.00 bits per heavy atom. The number of rotatable bonds is 2. The molecule has 0 saturated heterocycles. The van der Waals surface area contributed by atoms with Crippen molar-refractivity contribution in [2.75, 3.05) is 11.4 Å². The summed E-state index contributed by atoms with van der Waals surface area (Å²) in [6.45, 7) is 0.323. The van der Waals surface area contributed by atoms with Crippen LogP contribution in [0.15, 0.2) is 30.3 Å². The molecule has 1 aromatic rings. The van der Waals surface area contributed by atoms with E-state index in [9.17, 15) is 0 Å². The lowest BCUT2D eigenvalue weighted by molar-refractivity contribution is 1.09. The molecule has 0 spiro atoms. The molecule has 0 aromatic heterocycles. The predicted molar refractivity (Wildman–Crippen MR) is 44.8 cm³/mol. The Hall–Kier alpha value is -1.49. The largest absolute Gasteiger partial charge is 0.356 e. The van der Waals surface area contributed by atoms with Gasteiger partial charge in [-0.2, -0.15) is 5.26 Å². The van der Waals surface area contributed by atoms with Gasteiger partial charge < -0.3 is 4.90 Å². The first kappa shape index (κ1) is 7.62. The second-order valence-corrected chi connectivity index (χ2v) is 2.19. The van der Waals surface area contributed by atoms with Gasteiger partial charge in [-0.1, -0.05) is 18.2 Å². The molecule has 1 radical (unpaired) electrons. The molecule has 0 bridgehead atoms. The van der Waals surface area contributed by atoms with Crippen molar-refractivity contribution in [2.24, 2.45) is 0 Å². The lowest BCUT2D eigenvalue weighted by Gasteiger charge is -2.13. The van der Waals surface area contributed by atoms with Crippen LogP contribution in [-0.4, -0.2) is 6.54 Å². The molecule has 11 heavy (non-hydrogen) atoms. The molecule has 1 aromatic carbocycles. The first-order valence-electron chi connectivity index (χ1n) is 3.34. The molecule has 0 aliphatic rings. The predicted octanol–water partition coefficient (Wildman–Crippen LogP) is 1.81. The van der Waals surface area contributed by atoms with Crippen LogP contribution in [0.3, 0.4) is 0 Å². The van der Waals surface area contributed by atoms with Gasteiger partial charge in [0.2, 0.25) is 0 Å². The van der Waals surface area contributed by atoms with E-state index in [4.69, 9.17) is 5.26 Å². The summed E-state index contributed by atoms with van der Waals surface area (Å²) in [7, 11) is 3.71. The average Bonchev–Trinajstić information content (AvgIpc) is 2.07. The number of para-hydroxylation sites is 1. The third kappa shape index (κ3) is 1.98. The fourth-order valence-electron chi connectivity index (χ4n) is 0.815. The zero-order valence-electron chi connectivity index (χ0n) is 6.20. The summed E-state index contributed by atoms with van der Waals surface area (Å²) in [5.41, 5.74) is 0.967. The minimum Gasteiger partial charge on any atom is -0.356 e. The second kappa shape index (κ2) is 3.62. The Bertz CT molecular complexity index is 248. The highest BCUT2D eigenvalue weighted by molar-refractivity contribution is 5.46. The van der Waals surface area contributed by atoms with Gasteiger partial charge in [0.15, 0.2) is 0 Å². The van der Waals surface area contributed by atoms with Gasteiger partial charge in [-0.3, -0.25) is 0 Å². The molecule has 0 saturated carbocycles. The molecule has 0 heterocycles. The summed E-state index contributed by atoms with van der Waals surface area (Å²) in [6, 6.07) is 11.6. The molecule has 2 nitrogen and oxygen atoms in total. The van der Waals surface area contributed by atoms with Crippen LogP contribution in [0.4, 0.5) is 5.69 Å². The van der Waals surface area contributed by atoms with E-state index < -0.39 is 0 Å². The molecule has 0 fully saturated rings. The van der Waals surface area contributed by atoms with Gasteiger partial charge in [-0.25, -0.2) is 0 Å². The van der Waals surface area contributed by atoms with E-state index in [2.05, 4.69) is 7.05 Å². The third-order valence-electron chi connectivity index (χ3n) is 1.38. The minimum absolute atomic E-state index is 0.323. The lowest BCUT2D eigenvalue weighted by Crippen LogP contribution is -2.13. The minimum atomic E-state index is 0.323. The number of hydrogen-bond donors (Lipinski definition) is 0. The molecule has 2 heteroatoms. The van der Waals surface area contributed by atoms with Gasteiger partial charge in [0.05, 0.1) is 6.07 Å². The van der Waals surface area contributed by atoms with Crippen LogP contribution >= 0.6 is 0 Å². The van der Waals surface area contributed by atoms with Crippen LogP contribution in [0, 0.1) is 18.4 Å². The van der Waals surface area contributed by atoms with Gasteiger partial charge in [0.1, 0.15) is 6.54 Å². The van der Waals surface area contributed by atoms with Crippen LogP contribution in [0.25, 0.3) is 0 Å². The number of nitrogens with zero attached hydrogens (tertiary/aromatic N) is 2. The maximum atomic E-state index is 8.37. The highest BCUT2D eigenvalue weighted by Crippen LogP contribution is 2.10. The first-order valence-corrected chi connectivity index (χ1v) is 3.34. The lowest BCUT2D eigenvalue weighted by atomic mass is 10.3. The maximum Gasteiger partial charge on any atom is 0.105 e. The number of hydrogen-bond acceptors (Lipinski definition) is 2. The van der Waals surface area contributed by atoms with Gasteiger partial charge in [0.25, 0.3) is 0 Å². The summed E-state index contributed by atoms with van der Waals surface area (Å²) in [5.74, 6) is 0. The van der Waals surface area contributed by atoms with Crippen LogP contribution in [0.1, 0.15) is 0 Å². The van der Waals surface area contributed by atoms with E-state index in [1.54, 1.807) is 4.90 Å². The van der Waals surface area contributed by atoms with Crippen molar-refractivity contribution < 1.29 is 0 Å². The Morgan fingerprint density at radius 1 is 1.36 bits per heavy atom. The topological polar surface area (TPSA) is 27.0 Å². The highest BCUT2D eigenvalue weighted by atomic mass is 15.1. The average molecular weight is 145 g/mol. The molecule has 0 amide bonds. The van der Waals surface area contributed by atoms with Gasteiger partial charge in [0, 0.05) is 12.7 Å². The van der Waals surface area contributed by atoms with Gasteiger partial charge in [-0.15, -0.1) is 0 Å². The molecule has 0 aliphatic carbocycles. The van der Waals surface area contributed by atoms with Crippen molar-refractivity contribution in [3.8, 4) is 6.07 Å². The van der Waals surface area contributed by atoms with E-state index in [1.165, 1.54) is 0 Å². The summed E-state index contributed by atoms with van der Waals surface area (Å²) in [5, 5.41) is 8.37. The quantitative estimate of drug-likeness (QED) is 0.593. The summed E-state index contributed by atoms with van der Waals surface area (Å²) in [6.07, 6.45) is 0. The van der Waals surface area contributed by atoms with Crippen molar-refractivity contribution in [1.29, 1.82) is 5.26 Å². The Morgan fingerprint density at radius 3 is 2.55 bits per heavy atom. The van der Waals surface area contributed by atoms with E-state index >= 15 is 0 Å². The molecule has 0 aliphatic heterocycles. The molecular weight excluding hydrogens is 136 g/mol. The molecule has 0 N–H and O–H groups in total. The number of benzene rings is 1. The summed E-state index contributed by atoms with van der Waals surface area (Å²) >= 11 is 0. The van der Waals surface area contributed by atoms with E-state index in [0.29, 0.717) is 6.54 Å². The van der Waals surface area contributed by atoms with E-state index in [-0.39, 0.29) is 0 Å². The molecule has 0 atom stereocenters. The molecule has 0 unspecified atom stereocenters. The highest BCUT2D eigenvalue weighted by Gasteiger charge is 1.95. The summed E-state index contributed by atoms with van der Waals surface area (Å²) < 4.78 is 0. The number of anilines is 1. The Labute approximate surface area is 66.7 Å². The zero-order valence-corrected chi connectivity index (χ0v) is 6.20. The van der Waals surface area contributed by atoms with Crippen molar-refractivity contribution in [1.82, 2.24) is 0 Å². The maximum absolute atomic E-state index is 8.37. The van der Waals surface area contributed by atoms with E-state index in [0.717, 1.165) is 5.69 Å². The van der Waals surface area contributed by atoms with Crippen LogP contribution in [0.2, 0.25) is 0 Å². The van der Waals surface area contributed by atoms with Crippen LogP contribution in [0.5, 0.6) is 0 Å². The fraction of sp³-hybridized carbons (Fsp3) is 0.111. The SMILES string of the molecule is [CH2]N(CC#N)c1ccccc1. The smallest absolute Gasteiger partial charge is 0.105 e. The van der Waals surface area contributed by atoms with Crippen molar-refractivity contribution in [3.63, 3.8) is 0 Å². The second-order valence-electron chi connectivity index (χ2n) is 2.19. The van der Waals surface area contributed by atoms with Gasteiger partial charge in [-0.05, 0) is 12.1 Å². The first-order chi connectivity index (χ1) is 5.34. The van der Waals surface area contributed by atoms with Crippen molar-refractivity contribution in [3.05, 3.63) is 37.4 Å². The van der Waals surface area contributed by atoms with Crippen molar-refractivity contribution in [2.45, 2.75) is 0 Å². The van der Waals surface area contributed by atoms with Gasteiger partial charge >= 0.3 is 0 Å². The standard InChI is InChI=1S/C9H9N2/c1-11(8-7-10)9-5-3-2-4-6-9/h2-6H,1,8H2. The van der Waals surface area contributed by atoms with Crippen LogP contribution in [-0.2, 0) is 0 Å². The molecular formula is C9H9N2. The zero-order chi connectivity index (χ0) is 8.10. The Kier molecular flexibility index (Phi) is 2.51. The monoisotopic (exact) mass is 145 g/mol. The normalized spacial score (nSPS) is 8.73. The van der Waals surface area contributed by atoms with Crippen LogP contribution < -0.4 is 4.90 Å². The number of nitriles is 1.